The third kappa shape index (κ3) is 4.18. The van der Waals surface area contributed by atoms with Crippen LogP contribution in [0.4, 0.5) is 4.79 Å². The highest BCUT2D eigenvalue weighted by Crippen LogP contribution is 2.19. The van der Waals surface area contributed by atoms with Gasteiger partial charge in [-0.25, -0.2) is 9.59 Å². The predicted molar refractivity (Wildman–Crippen MR) is 66.4 cm³/mol. The Balaban J connectivity index is 2.64. The van der Waals surface area contributed by atoms with Gasteiger partial charge in [0.25, 0.3) is 0 Å². The summed E-state index contributed by atoms with van der Waals surface area (Å²) in [6, 6.07) is -1.10. The minimum atomic E-state index is -1.03. The maximum absolute atomic E-state index is 11.6. The Hall–Kier alpha value is -1.30. The van der Waals surface area contributed by atoms with Crippen molar-refractivity contribution in [2.75, 3.05) is 13.6 Å². The largest absolute Gasteiger partial charge is 0.480 e. The van der Waals surface area contributed by atoms with Gasteiger partial charge in [-0.1, -0.05) is 0 Å². The van der Waals surface area contributed by atoms with Gasteiger partial charge in [0.2, 0.25) is 0 Å². The summed E-state index contributed by atoms with van der Waals surface area (Å²) in [6.07, 6.45) is 1.03. The first kappa shape index (κ1) is 14.8. The number of carbonyl (C=O) groups is 2. The van der Waals surface area contributed by atoms with E-state index in [4.69, 9.17) is 4.74 Å². The number of carboxylic acid groups (broad SMARTS) is 1. The molecule has 0 aromatic rings. The molecule has 1 heterocycles. The van der Waals surface area contributed by atoms with Crippen molar-refractivity contribution in [2.45, 2.75) is 51.3 Å². The maximum atomic E-state index is 11.6. The lowest BCUT2D eigenvalue weighted by molar-refractivity contribution is -0.141. The zero-order valence-corrected chi connectivity index (χ0v) is 11.4. The number of carbonyl (C=O) groups excluding carboxylic acids is 1. The highest BCUT2D eigenvalue weighted by molar-refractivity contribution is 5.80. The third-order valence-corrected chi connectivity index (χ3v) is 2.90. The van der Waals surface area contributed by atoms with Gasteiger partial charge in [0.1, 0.15) is 11.6 Å². The van der Waals surface area contributed by atoms with Crippen LogP contribution in [0.15, 0.2) is 0 Å². The van der Waals surface area contributed by atoms with Gasteiger partial charge in [-0.2, -0.15) is 0 Å². The van der Waals surface area contributed by atoms with E-state index in [1.807, 2.05) is 11.9 Å². The first-order valence-electron chi connectivity index (χ1n) is 6.13. The van der Waals surface area contributed by atoms with Gasteiger partial charge in [-0.05, 0) is 47.2 Å². The van der Waals surface area contributed by atoms with Gasteiger partial charge < -0.3 is 20.1 Å². The highest BCUT2D eigenvalue weighted by Gasteiger charge is 2.36. The van der Waals surface area contributed by atoms with E-state index < -0.39 is 23.7 Å². The number of likely N-dealkylation sites (N-methyl/N-ethyl adjacent to an activating group) is 1. The average molecular weight is 258 g/mol. The molecule has 1 aliphatic heterocycles. The molecule has 0 bridgehead atoms. The van der Waals surface area contributed by atoms with Crippen molar-refractivity contribution in [3.8, 4) is 0 Å². The van der Waals surface area contributed by atoms with E-state index >= 15 is 0 Å². The topological polar surface area (TPSA) is 78.9 Å². The van der Waals surface area contributed by atoms with Crippen LogP contribution < -0.4 is 5.32 Å². The molecule has 0 aromatic heterocycles. The van der Waals surface area contributed by atoms with E-state index in [0.717, 1.165) is 19.4 Å². The first-order valence-corrected chi connectivity index (χ1v) is 6.13. The second kappa shape index (κ2) is 5.56. The normalized spacial score (nSPS) is 22.6. The number of nitrogens with one attached hydrogen (secondary N) is 1. The molecule has 2 atom stereocenters. The number of carboxylic acids is 1. The van der Waals surface area contributed by atoms with Crippen LogP contribution in [0, 0.1) is 0 Å². The fraction of sp³-hybridized carbons (Fsp3) is 0.833. The Labute approximate surface area is 107 Å². The van der Waals surface area contributed by atoms with Crippen LogP contribution in [-0.2, 0) is 9.53 Å². The molecule has 1 rings (SSSR count). The van der Waals surface area contributed by atoms with Crippen molar-refractivity contribution in [1.82, 2.24) is 10.2 Å². The van der Waals surface area contributed by atoms with E-state index in [1.54, 1.807) is 20.8 Å². The van der Waals surface area contributed by atoms with Crippen molar-refractivity contribution in [2.24, 2.45) is 0 Å². The molecule has 18 heavy (non-hydrogen) atoms. The molecule has 0 aliphatic carbocycles. The highest BCUT2D eigenvalue weighted by atomic mass is 16.6. The summed E-state index contributed by atoms with van der Waals surface area (Å²) in [6.45, 7) is 6.07. The summed E-state index contributed by atoms with van der Waals surface area (Å²) in [7, 11) is 1.87. The fourth-order valence-electron chi connectivity index (χ4n) is 2.11. The molecule has 6 nitrogen and oxygen atoms in total. The molecule has 1 fully saturated rings. The third-order valence-electron chi connectivity index (χ3n) is 2.90. The molecular formula is C12H22N2O4. The number of nitrogens with zero attached hydrogens (tertiary/aromatic N) is 1. The van der Waals surface area contributed by atoms with Crippen molar-refractivity contribution in [3.05, 3.63) is 0 Å². The minimum absolute atomic E-state index is 0.171. The zero-order chi connectivity index (χ0) is 13.9. The predicted octanol–water partition coefficient (Wildman–Crippen LogP) is 1.06. The van der Waals surface area contributed by atoms with E-state index in [-0.39, 0.29) is 6.04 Å². The van der Waals surface area contributed by atoms with Gasteiger partial charge in [0, 0.05) is 6.04 Å². The molecule has 0 saturated carbocycles. The molecule has 1 saturated heterocycles. The summed E-state index contributed by atoms with van der Waals surface area (Å²) in [5.74, 6) is -1.03. The quantitative estimate of drug-likeness (QED) is 0.791. The van der Waals surface area contributed by atoms with Crippen LogP contribution in [0.3, 0.4) is 0 Å². The number of aliphatic carboxylic acids is 1. The summed E-state index contributed by atoms with van der Waals surface area (Å²) < 4.78 is 5.08. The van der Waals surface area contributed by atoms with E-state index in [9.17, 15) is 14.7 Å². The molecule has 104 valence electrons. The molecule has 2 unspecified atom stereocenters. The summed E-state index contributed by atoms with van der Waals surface area (Å²) >= 11 is 0. The molecule has 0 aromatic carbocycles. The minimum Gasteiger partial charge on any atom is -0.480 e. The average Bonchev–Trinajstić information content (AvgIpc) is 2.57. The Morgan fingerprint density at radius 3 is 2.44 bits per heavy atom. The van der Waals surface area contributed by atoms with E-state index in [2.05, 4.69) is 5.32 Å². The van der Waals surface area contributed by atoms with Crippen molar-refractivity contribution in [1.29, 1.82) is 0 Å². The van der Waals surface area contributed by atoms with Gasteiger partial charge >= 0.3 is 12.1 Å². The Kier molecular flexibility index (Phi) is 4.56. The number of rotatable bonds is 3. The number of ether oxygens (including phenoxy) is 1. The van der Waals surface area contributed by atoms with Gasteiger partial charge in [0.15, 0.2) is 0 Å². The summed E-state index contributed by atoms with van der Waals surface area (Å²) in [5, 5.41) is 11.6. The van der Waals surface area contributed by atoms with Gasteiger partial charge in [-0.3, -0.25) is 0 Å². The number of amides is 1. The van der Waals surface area contributed by atoms with Crippen LogP contribution in [0.1, 0.15) is 33.6 Å². The number of likely N-dealkylation sites (tertiary alicyclic amines) is 1. The molecule has 0 radical (unpaired) electrons. The molecule has 2 N–H and O–H groups in total. The zero-order valence-electron chi connectivity index (χ0n) is 11.4. The second-order valence-corrected chi connectivity index (χ2v) is 5.65. The summed E-state index contributed by atoms with van der Waals surface area (Å²) in [4.78, 5) is 24.8. The van der Waals surface area contributed by atoms with Gasteiger partial charge in [0.05, 0.1) is 0 Å². The van der Waals surface area contributed by atoms with E-state index in [1.165, 1.54) is 0 Å². The molecule has 6 heteroatoms. The standard InChI is InChI=1S/C12H22N2O4/c1-12(2,3)18-11(17)13-9(10(15)16)8-6-5-7-14(8)4/h8-9H,5-7H2,1-4H3,(H,13,17)(H,15,16). The lowest BCUT2D eigenvalue weighted by Crippen LogP contribution is -2.53. The van der Waals surface area contributed by atoms with Crippen molar-refractivity contribution in [3.63, 3.8) is 0 Å². The van der Waals surface area contributed by atoms with Crippen LogP contribution in [0.25, 0.3) is 0 Å². The molecular weight excluding hydrogens is 236 g/mol. The number of hydrogen-bond donors (Lipinski definition) is 2. The van der Waals surface area contributed by atoms with Crippen LogP contribution in [0.2, 0.25) is 0 Å². The lowest BCUT2D eigenvalue weighted by Gasteiger charge is -2.28. The molecule has 1 amide bonds. The number of alkyl carbamates (subject to hydrolysis) is 1. The second-order valence-electron chi connectivity index (χ2n) is 5.65. The lowest BCUT2D eigenvalue weighted by atomic mass is 10.1. The Morgan fingerprint density at radius 1 is 1.44 bits per heavy atom. The Morgan fingerprint density at radius 2 is 2.06 bits per heavy atom. The van der Waals surface area contributed by atoms with Crippen LogP contribution >= 0.6 is 0 Å². The number of hydrogen-bond acceptors (Lipinski definition) is 4. The molecule has 1 aliphatic rings. The Bertz CT molecular complexity index is 325. The van der Waals surface area contributed by atoms with Crippen LogP contribution in [0.5, 0.6) is 0 Å². The molecule has 0 spiro atoms. The van der Waals surface area contributed by atoms with E-state index in [0.29, 0.717) is 0 Å². The smallest absolute Gasteiger partial charge is 0.408 e. The maximum Gasteiger partial charge on any atom is 0.408 e. The SMILES string of the molecule is CN1CCCC1C(NC(=O)OC(C)(C)C)C(=O)O. The summed E-state index contributed by atoms with van der Waals surface area (Å²) in [5.41, 5.74) is -0.630. The van der Waals surface area contributed by atoms with Crippen molar-refractivity contribution < 1.29 is 19.4 Å². The monoisotopic (exact) mass is 258 g/mol. The fourth-order valence-corrected chi connectivity index (χ4v) is 2.11. The van der Waals surface area contributed by atoms with Crippen LogP contribution in [-0.4, -0.2) is 53.3 Å². The van der Waals surface area contributed by atoms with Crippen molar-refractivity contribution >= 4 is 12.1 Å². The first-order chi connectivity index (χ1) is 8.20. The van der Waals surface area contributed by atoms with Gasteiger partial charge in [-0.15, -0.1) is 0 Å².